The molecule has 0 aliphatic heterocycles. The van der Waals surface area contributed by atoms with Gasteiger partial charge in [-0.25, -0.2) is 4.98 Å². The van der Waals surface area contributed by atoms with Crippen LogP contribution in [0.25, 0.3) is 22.0 Å². The Labute approximate surface area is 126 Å². The maximum absolute atomic E-state index is 4.36. The standard InChI is InChI=1S/C15H17BrN4/c1-10(2)7-20-9-13(11-5-18-19(3)8-11)12-4-15(16)17-6-14(12)20/h4-6,8-10H,7H2,1-3H3. The van der Waals surface area contributed by atoms with Gasteiger partial charge in [0.15, 0.2) is 0 Å². The molecule has 5 heteroatoms. The minimum atomic E-state index is 0.594. The first-order valence-electron chi connectivity index (χ1n) is 6.68. The zero-order valence-electron chi connectivity index (χ0n) is 11.8. The van der Waals surface area contributed by atoms with E-state index in [0.29, 0.717) is 5.92 Å². The summed E-state index contributed by atoms with van der Waals surface area (Å²) in [5.41, 5.74) is 3.51. The topological polar surface area (TPSA) is 35.6 Å². The van der Waals surface area contributed by atoms with E-state index in [1.54, 1.807) is 0 Å². The van der Waals surface area contributed by atoms with Crippen molar-refractivity contribution in [3.8, 4) is 11.1 Å². The molecule has 4 nitrogen and oxygen atoms in total. The first-order chi connectivity index (χ1) is 9.54. The molecule has 0 saturated heterocycles. The Bertz CT molecular complexity index is 754. The Morgan fingerprint density at radius 3 is 2.70 bits per heavy atom. The van der Waals surface area contributed by atoms with Crippen LogP contribution in [-0.4, -0.2) is 19.3 Å². The molecular weight excluding hydrogens is 316 g/mol. The molecular formula is C15H17BrN4. The molecule has 0 fully saturated rings. The van der Waals surface area contributed by atoms with E-state index in [1.165, 1.54) is 16.5 Å². The Morgan fingerprint density at radius 2 is 2.05 bits per heavy atom. The maximum atomic E-state index is 4.36. The van der Waals surface area contributed by atoms with Crippen molar-refractivity contribution >= 4 is 26.8 Å². The summed E-state index contributed by atoms with van der Waals surface area (Å²) in [5.74, 6) is 0.594. The van der Waals surface area contributed by atoms with E-state index in [2.05, 4.69) is 56.7 Å². The molecule has 3 rings (SSSR count). The van der Waals surface area contributed by atoms with Gasteiger partial charge in [0.25, 0.3) is 0 Å². The molecule has 0 N–H and O–H groups in total. The van der Waals surface area contributed by atoms with Gasteiger partial charge in [0.2, 0.25) is 0 Å². The minimum Gasteiger partial charge on any atom is -0.345 e. The van der Waals surface area contributed by atoms with Crippen molar-refractivity contribution < 1.29 is 0 Å². The predicted molar refractivity (Wildman–Crippen MR) is 84.5 cm³/mol. The third-order valence-corrected chi connectivity index (χ3v) is 3.75. The molecule has 0 aliphatic carbocycles. The van der Waals surface area contributed by atoms with Crippen molar-refractivity contribution in [2.45, 2.75) is 20.4 Å². The molecule has 20 heavy (non-hydrogen) atoms. The van der Waals surface area contributed by atoms with Crippen molar-refractivity contribution in [1.29, 1.82) is 0 Å². The monoisotopic (exact) mass is 332 g/mol. The first kappa shape index (κ1) is 13.4. The van der Waals surface area contributed by atoms with Gasteiger partial charge in [0, 0.05) is 42.5 Å². The first-order valence-corrected chi connectivity index (χ1v) is 7.47. The summed E-state index contributed by atoms with van der Waals surface area (Å²) in [6.07, 6.45) is 8.09. The lowest BCUT2D eigenvalue weighted by Crippen LogP contribution is -2.02. The molecule has 3 aromatic rings. The van der Waals surface area contributed by atoms with Crippen molar-refractivity contribution in [1.82, 2.24) is 19.3 Å². The van der Waals surface area contributed by atoms with Gasteiger partial charge >= 0.3 is 0 Å². The second-order valence-corrected chi connectivity index (χ2v) is 6.33. The van der Waals surface area contributed by atoms with Crippen LogP contribution >= 0.6 is 15.9 Å². The fourth-order valence-corrected chi connectivity index (χ4v) is 2.83. The lowest BCUT2D eigenvalue weighted by Gasteiger charge is -2.07. The Kier molecular flexibility index (Phi) is 3.38. The van der Waals surface area contributed by atoms with E-state index in [1.807, 2.05) is 30.3 Å². The predicted octanol–water partition coefficient (Wildman–Crippen LogP) is 3.86. The molecule has 0 amide bonds. The highest BCUT2D eigenvalue weighted by Gasteiger charge is 2.13. The molecule has 0 radical (unpaired) electrons. The summed E-state index contributed by atoms with van der Waals surface area (Å²) in [4.78, 5) is 4.36. The largest absolute Gasteiger partial charge is 0.345 e. The number of nitrogens with zero attached hydrogens (tertiary/aromatic N) is 4. The highest BCUT2D eigenvalue weighted by Crippen LogP contribution is 2.31. The molecule has 0 atom stereocenters. The third-order valence-electron chi connectivity index (χ3n) is 3.31. The fourth-order valence-electron chi connectivity index (χ4n) is 2.50. The van der Waals surface area contributed by atoms with E-state index in [0.717, 1.165) is 16.7 Å². The molecule has 0 aromatic carbocycles. The zero-order chi connectivity index (χ0) is 14.3. The summed E-state index contributed by atoms with van der Waals surface area (Å²) in [5, 5.41) is 5.48. The fraction of sp³-hybridized carbons (Fsp3) is 0.333. The second kappa shape index (κ2) is 5.05. The summed E-state index contributed by atoms with van der Waals surface area (Å²) < 4.78 is 4.97. The maximum Gasteiger partial charge on any atom is 0.106 e. The number of pyridine rings is 1. The number of aromatic nitrogens is 4. The SMILES string of the molecule is CC(C)Cn1cc(-c2cnn(C)c2)c2cc(Br)ncc21. The number of fused-ring (bicyclic) bond motifs is 1. The van der Waals surface area contributed by atoms with E-state index in [9.17, 15) is 0 Å². The van der Waals surface area contributed by atoms with E-state index in [4.69, 9.17) is 0 Å². The van der Waals surface area contributed by atoms with Gasteiger partial charge in [0.05, 0.1) is 17.9 Å². The number of hydrogen-bond donors (Lipinski definition) is 0. The number of halogens is 1. The van der Waals surface area contributed by atoms with Gasteiger partial charge in [-0.1, -0.05) is 13.8 Å². The van der Waals surface area contributed by atoms with Gasteiger partial charge in [-0.3, -0.25) is 4.68 Å². The molecule has 0 saturated carbocycles. The van der Waals surface area contributed by atoms with Crippen molar-refractivity contribution in [2.24, 2.45) is 13.0 Å². The van der Waals surface area contributed by atoms with Gasteiger partial charge in [-0.2, -0.15) is 5.10 Å². The van der Waals surface area contributed by atoms with Crippen LogP contribution in [0.2, 0.25) is 0 Å². The lowest BCUT2D eigenvalue weighted by molar-refractivity contribution is 0.535. The summed E-state index contributed by atoms with van der Waals surface area (Å²) in [6, 6.07) is 2.08. The van der Waals surface area contributed by atoms with Gasteiger partial charge in [-0.15, -0.1) is 0 Å². The average Bonchev–Trinajstić information content (AvgIpc) is 2.93. The van der Waals surface area contributed by atoms with Gasteiger partial charge in [-0.05, 0) is 27.9 Å². The van der Waals surface area contributed by atoms with Crippen LogP contribution in [0.1, 0.15) is 13.8 Å². The lowest BCUT2D eigenvalue weighted by atomic mass is 10.1. The molecule has 0 aliphatic rings. The van der Waals surface area contributed by atoms with Crippen LogP contribution in [0.4, 0.5) is 0 Å². The van der Waals surface area contributed by atoms with Crippen molar-refractivity contribution in [3.05, 3.63) is 35.5 Å². The molecule has 0 bridgehead atoms. The van der Waals surface area contributed by atoms with Crippen LogP contribution in [0, 0.1) is 5.92 Å². The number of rotatable bonds is 3. The number of aryl methyl sites for hydroxylation is 1. The van der Waals surface area contributed by atoms with Crippen molar-refractivity contribution in [3.63, 3.8) is 0 Å². The Balaban J connectivity index is 2.23. The van der Waals surface area contributed by atoms with Gasteiger partial charge in [0.1, 0.15) is 4.60 Å². The molecule has 0 spiro atoms. The summed E-state index contributed by atoms with van der Waals surface area (Å²) in [6.45, 7) is 5.43. The van der Waals surface area contributed by atoms with E-state index < -0.39 is 0 Å². The molecule has 0 unspecified atom stereocenters. The average molecular weight is 333 g/mol. The zero-order valence-corrected chi connectivity index (χ0v) is 13.4. The quantitative estimate of drug-likeness (QED) is 0.683. The highest BCUT2D eigenvalue weighted by molar-refractivity contribution is 9.10. The summed E-state index contributed by atoms with van der Waals surface area (Å²) in [7, 11) is 1.94. The van der Waals surface area contributed by atoms with Crippen LogP contribution in [0.3, 0.4) is 0 Å². The third kappa shape index (κ3) is 2.38. The smallest absolute Gasteiger partial charge is 0.106 e. The van der Waals surface area contributed by atoms with Crippen LogP contribution < -0.4 is 0 Å². The summed E-state index contributed by atoms with van der Waals surface area (Å²) >= 11 is 3.46. The van der Waals surface area contributed by atoms with Crippen LogP contribution in [0.5, 0.6) is 0 Å². The Hall–Kier alpha value is -1.62. The van der Waals surface area contributed by atoms with Crippen LogP contribution in [0.15, 0.2) is 35.5 Å². The van der Waals surface area contributed by atoms with E-state index >= 15 is 0 Å². The second-order valence-electron chi connectivity index (χ2n) is 5.52. The minimum absolute atomic E-state index is 0.594. The van der Waals surface area contributed by atoms with E-state index in [-0.39, 0.29) is 0 Å². The molecule has 3 heterocycles. The van der Waals surface area contributed by atoms with Crippen LogP contribution in [-0.2, 0) is 13.6 Å². The Morgan fingerprint density at radius 1 is 1.25 bits per heavy atom. The highest BCUT2D eigenvalue weighted by atomic mass is 79.9. The molecule has 104 valence electrons. The number of hydrogen-bond acceptors (Lipinski definition) is 2. The molecule has 3 aromatic heterocycles. The van der Waals surface area contributed by atoms with Gasteiger partial charge < -0.3 is 4.57 Å². The normalized spacial score (nSPS) is 11.7. The van der Waals surface area contributed by atoms with Crippen molar-refractivity contribution in [2.75, 3.05) is 0 Å².